The van der Waals surface area contributed by atoms with Crippen LogP contribution in [0.1, 0.15) is 36.4 Å². The van der Waals surface area contributed by atoms with E-state index in [0.717, 1.165) is 12.8 Å². The van der Waals surface area contributed by atoms with Crippen LogP contribution in [0.2, 0.25) is 5.02 Å². The topological polar surface area (TPSA) is 128 Å². The van der Waals surface area contributed by atoms with Crippen molar-refractivity contribution < 1.29 is 27.9 Å². The first-order chi connectivity index (χ1) is 16.4. The van der Waals surface area contributed by atoms with E-state index < -0.39 is 11.7 Å². The van der Waals surface area contributed by atoms with Crippen molar-refractivity contribution >= 4 is 40.9 Å². The predicted octanol–water partition coefficient (Wildman–Crippen LogP) is 4.36. The van der Waals surface area contributed by atoms with Gasteiger partial charge in [0.1, 0.15) is 11.9 Å². The number of methoxy groups -OCH3 is 1. The number of ether oxygens (including phenoxy) is 2. The van der Waals surface area contributed by atoms with Crippen LogP contribution < -0.4 is 15.4 Å². The van der Waals surface area contributed by atoms with Gasteiger partial charge in [0.15, 0.2) is 0 Å². The Hall–Kier alpha value is -3.73. The quantitative estimate of drug-likeness (QED) is 0.465. The van der Waals surface area contributed by atoms with Gasteiger partial charge < -0.3 is 24.5 Å². The molecule has 0 radical (unpaired) electrons. The lowest BCUT2D eigenvalue weighted by molar-refractivity contribution is -0.147. The van der Waals surface area contributed by atoms with Crippen LogP contribution in [0.5, 0.6) is 5.88 Å². The standard InChI is InChI=1S/C22H21ClFN5O5/c1-32-21(31)12-2-6-15(7-3-12)33-18-9-5-14(11-25-18)26-19(30)20-28-29-22(34-20)27-13-4-8-17(24)16(23)10-13/h4-5,8-12,15H,2-3,6-7H2,1H3,(H,26,30)(H,27,29)/t12-,15-. The second-order valence-electron chi connectivity index (χ2n) is 7.62. The van der Waals surface area contributed by atoms with Gasteiger partial charge in [0, 0.05) is 11.8 Å². The summed E-state index contributed by atoms with van der Waals surface area (Å²) in [5.74, 6) is -1.31. The first-order valence-electron chi connectivity index (χ1n) is 10.5. The zero-order chi connectivity index (χ0) is 24.1. The van der Waals surface area contributed by atoms with E-state index in [1.807, 2.05) is 0 Å². The molecule has 0 aliphatic heterocycles. The monoisotopic (exact) mass is 489 g/mol. The minimum absolute atomic E-state index is 0.0332. The van der Waals surface area contributed by atoms with Gasteiger partial charge in [0.25, 0.3) is 0 Å². The summed E-state index contributed by atoms with van der Waals surface area (Å²) >= 11 is 5.74. The molecule has 1 amide bonds. The first kappa shape index (κ1) is 23.4. The fraction of sp³-hybridized carbons (Fsp3) is 0.318. The maximum absolute atomic E-state index is 13.3. The Morgan fingerprint density at radius 3 is 2.56 bits per heavy atom. The van der Waals surface area contributed by atoms with E-state index in [2.05, 4.69) is 25.8 Å². The Kier molecular flexibility index (Phi) is 7.21. The van der Waals surface area contributed by atoms with Gasteiger partial charge in [0.2, 0.25) is 5.88 Å². The average Bonchev–Trinajstić information content (AvgIpc) is 3.31. The lowest BCUT2D eigenvalue weighted by Crippen LogP contribution is -2.28. The number of aromatic nitrogens is 3. The van der Waals surface area contributed by atoms with E-state index in [0.29, 0.717) is 30.1 Å². The second kappa shape index (κ2) is 10.5. The number of benzene rings is 1. The van der Waals surface area contributed by atoms with E-state index in [4.69, 9.17) is 25.5 Å². The number of halogens is 2. The van der Waals surface area contributed by atoms with Gasteiger partial charge in [-0.15, -0.1) is 5.10 Å². The van der Waals surface area contributed by atoms with Gasteiger partial charge in [-0.25, -0.2) is 9.37 Å². The van der Waals surface area contributed by atoms with Crippen molar-refractivity contribution in [2.24, 2.45) is 5.92 Å². The predicted molar refractivity (Wildman–Crippen MR) is 120 cm³/mol. The van der Waals surface area contributed by atoms with Crippen molar-refractivity contribution in [3.8, 4) is 5.88 Å². The molecule has 178 valence electrons. The highest BCUT2D eigenvalue weighted by Gasteiger charge is 2.28. The molecule has 12 heteroatoms. The van der Waals surface area contributed by atoms with Crippen LogP contribution in [0.3, 0.4) is 0 Å². The van der Waals surface area contributed by atoms with Gasteiger partial charge >= 0.3 is 23.8 Å². The minimum atomic E-state index is -0.630. The molecule has 2 heterocycles. The van der Waals surface area contributed by atoms with Gasteiger partial charge in [-0.1, -0.05) is 16.7 Å². The Balaban J connectivity index is 1.28. The molecular formula is C22H21ClFN5O5. The molecule has 2 N–H and O–H groups in total. The third kappa shape index (κ3) is 5.79. The summed E-state index contributed by atoms with van der Waals surface area (Å²) in [4.78, 5) is 28.2. The van der Waals surface area contributed by atoms with Crippen LogP contribution in [-0.4, -0.2) is 40.3 Å². The highest BCUT2D eigenvalue weighted by molar-refractivity contribution is 6.31. The number of hydrogen-bond acceptors (Lipinski definition) is 9. The van der Waals surface area contributed by atoms with Crippen molar-refractivity contribution in [2.45, 2.75) is 31.8 Å². The maximum atomic E-state index is 13.3. The highest BCUT2D eigenvalue weighted by Crippen LogP contribution is 2.28. The molecule has 1 saturated carbocycles. The van der Waals surface area contributed by atoms with E-state index in [1.54, 1.807) is 12.1 Å². The van der Waals surface area contributed by atoms with Crippen LogP contribution in [-0.2, 0) is 9.53 Å². The number of amides is 1. The zero-order valence-corrected chi connectivity index (χ0v) is 18.8. The third-order valence-corrected chi connectivity index (χ3v) is 5.57. The molecule has 1 fully saturated rings. The lowest BCUT2D eigenvalue weighted by atomic mass is 9.87. The number of carbonyl (C=O) groups excluding carboxylic acids is 2. The number of nitrogens with one attached hydrogen (secondary N) is 2. The molecule has 2 aromatic heterocycles. The molecule has 0 bridgehead atoms. The summed E-state index contributed by atoms with van der Waals surface area (Å²) in [5, 5.41) is 12.7. The van der Waals surface area contributed by atoms with Crippen LogP contribution in [0.15, 0.2) is 40.9 Å². The minimum Gasteiger partial charge on any atom is -0.474 e. The number of carbonyl (C=O) groups is 2. The van der Waals surface area contributed by atoms with Crippen molar-refractivity contribution in [2.75, 3.05) is 17.7 Å². The number of rotatable bonds is 7. The summed E-state index contributed by atoms with van der Waals surface area (Å²) < 4.78 is 29.2. The molecule has 4 rings (SSSR count). The third-order valence-electron chi connectivity index (χ3n) is 5.28. The summed E-state index contributed by atoms with van der Waals surface area (Å²) in [7, 11) is 1.40. The van der Waals surface area contributed by atoms with Gasteiger partial charge in [0.05, 0.1) is 29.9 Å². The normalized spacial score (nSPS) is 17.6. The van der Waals surface area contributed by atoms with Crippen LogP contribution in [0.4, 0.5) is 21.8 Å². The van der Waals surface area contributed by atoms with Crippen molar-refractivity contribution in [1.82, 2.24) is 15.2 Å². The molecule has 0 saturated heterocycles. The summed E-state index contributed by atoms with van der Waals surface area (Å²) in [6.07, 6.45) is 4.30. The molecular weight excluding hydrogens is 469 g/mol. The Labute approximate surface area is 198 Å². The molecule has 1 aliphatic rings. The molecule has 10 nitrogen and oxygen atoms in total. The molecule has 34 heavy (non-hydrogen) atoms. The average molecular weight is 490 g/mol. The lowest BCUT2D eigenvalue weighted by Gasteiger charge is -2.27. The molecule has 1 aliphatic carbocycles. The van der Waals surface area contributed by atoms with E-state index in [1.165, 1.54) is 31.5 Å². The fourth-order valence-corrected chi connectivity index (χ4v) is 3.71. The number of hydrogen-bond donors (Lipinski definition) is 2. The fourth-order valence-electron chi connectivity index (χ4n) is 3.53. The van der Waals surface area contributed by atoms with Crippen molar-refractivity contribution in [1.29, 1.82) is 0 Å². The van der Waals surface area contributed by atoms with Crippen LogP contribution >= 0.6 is 11.6 Å². The highest BCUT2D eigenvalue weighted by atomic mass is 35.5. The van der Waals surface area contributed by atoms with Crippen LogP contribution in [0.25, 0.3) is 0 Å². The van der Waals surface area contributed by atoms with Crippen molar-refractivity contribution in [3.05, 3.63) is 53.3 Å². The van der Waals surface area contributed by atoms with E-state index >= 15 is 0 Å². The Bertz CT molecular complexity index is 1160. The zero-order valence-electron chi connectivity index (χ0n) is 18.1. The van der Waals surface area contributed by atoms with E-state index in [9.17, 15) is 14.0 Å². The van der Waals surface area contributed by atoms with Gasteiger partial charge in [-0.3, -0.25) is 9.59 Å². The number of nitrogens with zero attached hydrogens (tertiary/aromatic N) is 3. The van der Waals surface area contributed by atoms with Crippen molar-refractivity contribution in [3.63, 3.8) is 0 Å². The second-order valence-corrected chi connectivity index (χ2v) is 8.03. The molecule has 0 atom stereocenters. The Morgan fingerprint density at radius 2 is 1.88 bits per heavy atom. The number of esters is 1. The summed E-state index contributed by atoms with van der Waals surface area (Å²) in [6, 6.07) is 7.18. The molecule has 3 aromatic rings. The molecule has 1 aromatic carbocycles. The van der Waals surface area contributed by atoms with Crippen LogP contribution in [0, 0.1) is 11.7 Å². The first-order valence-corrected chi connectivity index (χ1v) is 10.9. The Morgan fingerprint density at radius 1 is 1.12 bits per heavy atom. The molecule has 0 spiro atoms. The van der Waals surface area contributed by atoms with E-state index in [-0.39, 0.29) is 34.9 Å². The largest absolute Gasteiger partial charge is 0.474 e. The number of pyridine rings is 1. The summed E-state index contributed by atoms with van der Waals surface area (Å²) in [5.41, 5.74) is 0.824. The smallest absolute Gasteiger partial charge is 0.320 e. The van der Waals surface area contributed by atoms with Gasteiger partial charge in [-0.05, 0) is 49.9 Å². The maximum Gasteiger partial charge on any atom is 0.320 e. The van der Waals surface area contributed by atoms with Gasteiger partial charge in [-0.2, -0.15) is 0 Å². The number of anilines is 3. The molecule has 0 unspecified atom stereocenters. The SMILES string of the molecule is COC(=O)[C@H]1CC[C@H](Oc2ccc(NC(=O)c3nnc(Nc4ccc(F)c(Cl)c4)o3)cn2)CC1. The summed E-state index contributed by atoms with van der Waals surface area (Å²) in [6.45, 7) is 0.